The fraction of sp³-hybridized carbons (Fsp3) is 0.565. The van der Waals surface area contributed by atoms with Gasteiger partial charge in [0.05, 0.1) is 32.1 Å². The molecule has 3 unspecified atom stereocenters. The maximum Gasteiger partial charge on any atom is 0.260 e. The van der Waals surface area contributed by atoms with Gasteiger partial charge in [-0.05, 0) is 45.1 Å². The van der Waals surface area contributed by atoms with Gasteiger partial charge in [-0.25, -0.2) is 4.98 Å². The number of aromatic nitrogens is 1. The third-order valence-electron chi connectivity index (χ3n) is 6.18. The molecule has 3 atom stereocenters. The van der Waals surface area contributed by atoms with E-state index in [1.807, 2.05) is 17.9 Å². The van der Waals surface area contributed by atoms with E-state index in [9.17, 15) is 4.79 Å². The molecule has 31 heavy (non-hydrogen) atoms. The van der Waals surface area contributed by atoms with Gasteiger partial charge in [-0.15, -0.1) is 22.7 Å². The number of likely N-dealkylation sites (tertiary alicyclic amines) is 1. The molecule has 6 nitrogen and oxygen atoms in total. The lowest BCUT2D eigenvalue weighted by atomic mass is 10.1. The molecule has 166 valence electrons. The molecule has 2 saturated heterocycles. The number of nitrogens with zero attached hydrogens (tertiary/aromatic N) is 3. The summed E-state index contributed by atoms with van der Waals surface area (Å²) in [6.07, 6.45) is 2.62. The Morgan fingerprint density at radius 2 is 2.13 bits per heavy atom. The first-order valence-electron chi connectivity index (χ1n) is 11.1. The summed E-state index contributed by atoms with van der Waals surface area (Å²) >= 11 is 3.35. The van der Waals surface area contributed by atoms with Gasteiger partial charge in [0.15, 0.2) is 6.61 Å². The monoisotopic (exact) mass is 459 g/mol. The van der Waals surface area contributed by atoms with Crippen molar-refractivity contribution in [1.29, 1.82) is 0 Å². The van der Waals surface area contributed by atoms with E-state index in [1.54, 1.807) is 22.7 Å². The fourth-order valence-corrected chi connectivity index (χ4v) is 6.85. The molecule has 5 rings (SSSR count). The summed E-state index contributed by atoms with van der Waals surface area (Å²) in [7, 11) is 0. The highest BCUT2D eigenvalue weighted by Gasteiger charge is 2.32. The number of rotatable bonds is 5. The Bertz CT molecular complexity index is 1080. The summed E-state index contributed by atoms with van der Waals surface area (Å²) in [6.45, 7) is 9.97. The molecule has 0 aliphatic carbocycles. The molecule has 1 amide bonds. The van der Waals surface area contributed by atoms with Gasteiger partial charge in [0, 0.05) is 43.7 Å². The third-order valence-corrected chi connectivity index (χ3v) is 8.02. The number of aryl methyl sites for hydroxylation is 1. The normalized spacial score (nSPS) is 25.0. The minimum atomic E-state index is 0.0840. The molecule has 2 aromatic heterocycles. The standard InChI is InChI=1S/C23H29N3O3S2/c1-14-10-25(11-15(2)29-14)12-17-5-4-7-26(17)21(27)13-28-19-9-20-22(24-16(3)31-20)23-18(19)6-8-30-23/h6,8-9,14-15,17H,4-5,7,10-13H2,1-3H3. The van der Waals surface area contributed by atoms with Crippen LogP contribution in [0.5, 0.6) is 5.75 Å². The molecule has 0 spiro atoms. The molecule has 2 aliphatic heterocycles. The highest BCUT2D eigenvalue weighted by atomic mass is 32.1. The van der Waals surface area contributed by atoms with Gasteiger partial charge in [-0.2, -0.15) is 0 Å². The Hall–Kier alpha value is -1.74. The lowest BCUT2D eigenvalue weighted by molar-refractivity contribution is -0.135. The van der Waals surface area contributed by atoms with Crippen molar-refractivity contribution in [1.82, 2.24) is 14.8 Å². The number of fused-ring (bicyclic) bond motifs is 3. The number of morpholine rings is 1. The summed E-state index contributed by atoms with van der Waals surface area (Å²) in [4.78, 5) is 22.2. The van der Waals surface area contributed by atoms with E-state index in [1.165, 1.54) is 0 Å². The lowest BCUT2D eigenvalue weighted by Crippen LogP contribution is -2.51. The largest absolute Gasteiger partial charge is 0.483 e. The average molecular weight is 460 g/mol. The number of thiophene rings is 1. The molecule has 2 aliphatic rings. The summed E-state index contributed by atoms with van der Waals surface area (Å²) < 4.78 is 14.2. The molecule has 1 aromatic carbocycles. The van der Waals surface area contributed by atoms with Crippen LogP contribution >= 0.6 is 22.7 Å². The number of amides is 1. The molecule has 0 radical (unpaired) electrons. The van der Waals surface area contributed by atoms with Crippen molar-refractivity contribution in [2.75, 3.05) is 32.8 Å². The van der Waals surface area contributed by atoms with E-state index in [0.717, 1.165) is 70.1 Å². The van der Waals surface area contributed by atoms with Gasteiger partial charge in [0.1, 0.15) is 5.75 Å². The molecule has 8 heteroatoms. The molecule has 0 bridgehead atoms. The lowest BCUT2D eigenvalue weighted by Gasteiger charge is -2.38. The highest BCUT2D eigenvalue weighted by Crippen LogP contribution is 2.39. The fourth-order valence-electron chi connectivity index (χ4n) is 5.01. The van der Waals surface area contributed by atoms with Crippen molar-refractivity contribution in [3.63, 3.8) is 0 Å². The molecule has 3 aromatic rings. The zero-order valence-electron chi connectivity index (χ0n) is 18.3. The smallest absolute Gasteiger partial charge is 0.260 e. The molecule has 0 saturated carbocycles. The summed E-state index contributed by atoms with van der Waals surface area (Å²) in [5.74, 6) is 0.869. The minimum absolute atomic E-state index is 0.0840. The van der Waals surface area contributed by atoms with E-state index >= 15 is 0 Å². The maximum atomic E-state index is 13.1. The van der Waals surface area contributed by atoms with Crippen molar-refractivity contribution in [2.24, 2.45) is 0 Å². The Morgan fingerprint density at radius 3 is 2.94 bits per heavy atom. The minimum Gasteiger partial charge on any atom is -0.483 e. The van der Waals surface area contributed by atoms with Crippen molar-refractivity contribution < 1.29 is 14.3 Å². The van der Waals surface area contributed by atoms with E-state index in [-0.39, 0.29) is 30.8 Å². The van der Waals surface area contributed by atoms with Gasteiger partial charge in [0.25, 0.3) is 5.91 Å². The maximum absolute atomic E-state index is 13.1. The van der Waals surface area contributed by atoms with Crippen molar-refractivity contribution >= 4 is 48.9 Å². The van der Waals surface area contributed by atoms with E-state index in [4.69, 9.17) is 9.47 Å². The molecule has 4 heterocycles. The van der Waals surface area contributed by atoms with Crippen LogP contribution in [0.3, 0.4) is 0 Å². The number of hydrogen-bond donors (Lipinski definition) is 0. The second-order valence-electron chi connectivity index (χ2n) is 8.77. The Labute approximate surface area is 190 Å². The number of thiazole rings is 1. The zero-order chi connectivity index (χ0) is 21.5. The first kappa shape index (κ1) is 21.1. The quantitative estimate of drug-likeness (QED) is 0.569. The topological polar surface area (TPSA) is 54.9 Å². The van der Waals surface area contributed by atoms with Crippen molar-refractivity contribution in [2.45, 2.75) is 51.9 Å². The van der Waals surface area contributed by atoms with Crippen LogP contribution in [0.1, 0.15) is 31.7 Å². The predicted octanol–water partition coefficient (Wildman–Crippen LogP) is 4.30. The van der Waals surface area contributed by atoms with Gasteiger partial charge in [0.2, 0.25) is 0 Å². The van der Waals surface area contributed by atoms with Gasteiger partial charge in [-0.3, -0.25) is 9.69 Å². The van der Waals surface area contributed by atoms with Crippen LogP contribution in [0.25, 0.3) is 20.3 Å². The number of benzene rings is 1. The SMILES string of the molecule is Cc1nc2c(cc(OCC(=O)N3CCCC3CN3CC(C)OC(C)C3)c3ccsc32)s1. The average Bonchev–Trinajstić information content (AvgIpc) is 3.43. The first-order chi connectivity index (χ1) is 15.0. The van der Waals surface area contributed by atoms with E-state index in [0.29, 0.717) is 0 Å². The summed E-state index contributed by atoms with van der Waals surface area (Å²) in [5.41, 5.74) is 1.04. The van der Waals surface area contributed by atoms with Crippen LogP contribution in [-0.4, -0.2) is 71.7 Å². The highest BCUT2D eigenvalue weighted by molar-refractivity contribution is 7.21. The van der Waals surface area contributed by atoms with Crippen molar-refractivity contribution in [3.8, 4) is 5.75 Å². The third kappa shape index (κ3) is 4.31. The molecular formula is C23H29N3O3S2. The Morgan fingerprint density at radius 1 is 1.32 bits per heavy atom. The van der Waals surface area contributed by atoms with E-state index < -0.39 is 0 Å². The van der Waals surface area contributed by atoms with Crippen LogP contribution in [0.15, 0.2) is 17.5 Å². The number of ether oxygens (including phenoxy) is 2. The number of carbonyl (C=O) groups is 1. The number of hydrogen-bond acceptors (Lipinski definition) is 7. The number of carbonyl (C=O) groups excluding carboxylic acids is 1. The molecular weight excluding hydrogens is 430 g/mol. The predicted molar refractivity (Wildman–Crippen MR) is 126 cm³/mol. The summed E-state index contributed by atoms with van der Waals surface area (Å²) in [5, 5.41) is 4.16. The van der Waals surface area contributed by atoms with Gasteiger partial charge < -0.3 is 14.4 Å². The summed E-state index contributed by atoms with van der Waals surface area (Å²) in [6, 6.07) is 4.37. The molecule has 0 N–H and O–H groups in total. The van der Waals surface area contributed by atoms with Gasteiger partial charge in [-0.1, -0.05) is 0 Å². The van der Waals surface area contributed by atoms with Gasteiger partial charge >= 0.3 is 0 Å². The van der Waals surface area contributed by atoms with E-state index in [2.05, 4.69) is 35.2 Å². The van der Waals surface area contributed by atoms with Crippen LogP contribution in [-0.2, 0) is 9.53 Å². The van der Waals surface area contributed by atoms with Crippen LogP contribution in [0.2, 0.25) is 0 Å². The second kappa shape index (κ2) is 8.65. The zero-order valence-corrected chi connectivity index (χ0v) is 19.9. The first-order valence-corrected chi connectivity index (χ1v) is 12.7. The molecule has 2 fully saturated rings. The van der Waals surface area contributed by atoms with Crippen LogP contribution in [0.4, 0.5) is 0 Å². The van der Waals surface area contributed by atoms with Crippen LogP contribution < -0.4 is 4.74 Å². The van der Waals surface area contributed by atoms with Crippen molar-refractivity contribution in [3.05, 3.63) is 22.5 Å². The Balaban J connectivity index is 1.27. The Kier molecular flexibility index (Phi) is 5.90. The second-order valence-corrected chi connectivity index (χ2v) is 10.9. The van der Waals surface area contributed by atoms with Crippen LogP contribution in [0, 0.1) is 6.92 Å².